The molecule has 0 aliphatic rings. The van der Waals surface area contributed by atoms with Gasteiger partial charge in [-0.25, -0.2) is 0 Å². The van der Waals surface area contributed by atoms with Gasteiger partial charge < -0.3 is 14.2 Å². The molecule has 0 unspecified atom stereocenters. The van der Waals surface area contributed by atoms with E-state index in [4.69, 9.17) is 14.2 Å². The quantitative estimate of drug-likeness (QED) is 0.535. The van der Waals surface area contributed by atoms with Crippen LogP contribution in [-0.4, -0.2) is 28.6 Å². The predicted molar refractivity (Wildman–Crippen MR) is 103 cm³/mol. The van der Waals surface area contributed by atoms with Crippen LogP contribution in [0.3, 0.4) is 0 Å². The lowest BCUT2D eigenvalue weighted by atomic mass is 10.3. The van der Waals surface area contributed by atoms with Crippen molar-refractivity contribution in [3.8, 4) is 17.2 Å². The van der Waals surface area contributed by atoms with E-state index in [2.05, 4.69) is 64.9 Å². The largest absolute Gasteiger partial charge is 0.493 e. The van der Waals surface area contributed by atoms with Crippen molar-refractivity contribution >= 4 is 18.4 Å². The Morgan fingerprint density at radius 1 is 0.739 bits per heavy atom. The summed E-state index contributed by atoms with van der Waals surface area (Å²) in [5.41, 5.74) is 2.06. The van der Waals surface area contributed by atoms with Gasteiger partial charge in [-0.05, 0) is 28.8 Å². The molecule has 0 radical (unpaired) electrons. The first-order chi connectivity index (χ1) is 10.7. The number of benzene rings is 1. The third kappa shape index (κ3) is 3.99. The Hall–Kier alpha value is -0.813. The average molecular weight is 357 g/mol. The van der Waals surface area contributed by atoms with E-state index in [1.54, 1.807) is 21.3 Å². The van der Waals surface area contributed by atoms with E-state index in [9.17, 15) is 0 Å². The first-order valence-electron chi connectivity index (χ1n) is 8.23. The van der Waals surface area contributed by atoms with Crippen LogP contribution < -0.4 is 14.2 Å². The van der Waals surface area contributed by atoms with Crippen molar-refractivity contribution in [3.05, 3.63) is 12.1 Å². The lowest BCUT2D eigenvalue weighted by Crippen LogP contribution is -2.40. The zero-order valence-corrected chi connectivity index (χ0v) is 17.8. The summed E-state index contributed by atoms with van der Waals surface area (Å²) in [5, 5.41) is 0. The molecule has 0 bridgehead atoms. The van der Waals surface area contributed by atoms with Crippen LogP contribution in [-0.2, 0) is 0 Å². The summed E-state index contributed by atoms with van der Waals surface area (Å²) in [5.74, 6) is 2.12. The first kappa shape index (κ1) is 20.2. The van der Waals surface area contributed by atoms with Gasteiger partial charge in [0.1, 0.15) is 7.22 Å². The van der Waals surface area contributed by atoms with Crippen LogP contribution in [0.5, 0.6) is 17.2 Å². The number of rotatable bonds is 8. The summed E-state index contributed by atoms with van der Waals surface area (Å²) in [6.07, 6.45) is 0. The monoisotopic (exact) mass is 356 g/mol. The highest BCUT2D eigenvalue weighted by molar-refractivity contribution is 8.29. The molecule has 0 saturated heterocycles. The molecule has 0 fully saturated rings. The van der Waals surface area contributed by atoms with Crippen molar-refractivity contribution < 1.29 is 14.2 Å². The second-order valence-electron chi connectivity index (χ2n) is 6.78. The van der Waals surface area contributed by atoms with Crippen molar-refractivity contribution in [1.29, 1.82) is 0 Å². The van der Waals surface area contributed by atoms with Gasteiger partial charge in [0.2, 0.25) is 5.75 Å². The highest BCUT2D eigenvalue weighted by Crippen LogP contribution is 2.53. The molecule has 132 valence electrons. The molecule has 0 saturated carbocycles. The van der Waals surface area contributed by atoms with Crippen molar-refractivity contribution in [1.82, 2.24) is 0 Å². The van der Waals surface area contributed by atoms with Crippen LogP contribution in [0.1, 0.15) is 41.5 Å². The second kappa shape index (κ2) is 8.33. The van der Waals surface area contributed by atoms with Gasteiger partial charge in [0.15, 0.2) is 11.5 Å². The van der Waals surface area contributed by atoms with Gasteiger partial charge in [0, 0.05) is 4.90 Å². The van der Waals surface area contributed by atoms with Gasteiger partial charge in [-0.3, -0.25) is 0 Å². The number of ether oxygens (including phenoxy) is 3. The Kier molecular flexibility index (Phi) is 7.33. The number of hydrogen-bond acceptors (Lipinski definition) is 4. The smallest absolute Gasteiger partial charge is 0.203 e. The zero-order valence-electron chi connectivity index (χ0n) is 16.0. The van der Waals surface area contributed by atoms with Crippen molar-refractivity contribution in [3.63, 3.8) is 0 Å². The molecule has 3 nitrogen and oxygen atoms in total. The van der Waals surface area contributed by atoms with Crippen LogP contribution in [0.25, 0.3) is 0 Å². The Labute approximate surface area is 146 Å². The van der Waals surface area contributed by atoms with Crippen molar-refractivity contribution in [2.75, 3.05) is 21.3 Å². The minimum Gasteiger partial charge on any atom is -0.493 e. The highest BCUT2D eigenvalue weighted by atomic mass is 32.4. The fraction of sp³-hybridized carbons (Fsp3) is 0.667. The molecular weight excluding hydrogens is 324 g/mol. The lowest BCUT2D eigenvalue weighted by Gasteiger charge is -2.42. The molecular formula is C18H32O3SSi. The van der Waals surface area contributed by atoms with Crippen molar-refractivity contribution in [2.24, 2.45) is 0 Å². The maximum atomic E-state index is 5.51. The number of hydrogen-bond donors (Lipinski definition) is 0. The molecule has 0 heterocycles. The number of methoxy groups -OCH3 is 3. The maximum absolute atomic E-state index is 5.51. The zero-order chi connectivity index (χ0) is 17.8. The molecule has 0 spiro atoms. The summed E-state index contributed by atoms with van der Waals surface area (Å²) >= 11 is 2.06. The van der Waals surface area contributed by atoms with Crippen LogP contribution in [0, 0.1) is 0 Å². The molecule has 0 aliphatic heterocycles. The Morgan fingerprint density at radius 2 is 1.13 bits per heavy atom. The topological polar surface area (TPSA) is 27.7 Å². The normalized spacial score (nSPS) is 12.2. The third-order valence-electron chi connectivity index (χ3n) is 4.64. The van der Waals surface area contributed by atoms with Crippen LogP contribution in [0.15, 0.2) is 17.0 Å². The standard InChI is InChI=1S/C18H32O3SSi/c1-12(2)23(13(3)4,14(5)6)22-15-10-16(19-7)18(21-9)17(11-15)20-8/h10-14H,1-9H3. The van der Waals surface area contributed by atoms with Gasteiger partial charge in [-0.2, -0.15) is 0 Å². The lowest BCUT2D eigenvalue weighted by molar-refractivity contribution is 0.323. The molecule has 1 aromatic carbocycles. The minimum absolute atomic E-state index is 0.658. The molecule has 0 amide bonds. The molecule has 1 aromatic rings. The van der Waals surface area contributed by atoms with E-state index in [0.717, 1.165) is 11.5 Å². The predicted octanol–water partition coefficient (Wildman–Crippen LogP) is 5.98. The molecule has 0 aliphatic carbocycles. The minimum atomic E-state index is -1.60. The van der Waals surface area contributed by atoms with Crippen LogP contribution >= 0.6 is 11.2 Å². The van der Waals surface area contributed by atoms with Crippen molar-refractivity contribution in [2.45, 2.75) is 63.1 Å². The fourth-order valence-electron chi connectivity index (χ4n) is 3.67. The third-order valence-corrected chi connectivity index (χ3v) is 16.9. The van der Waals surface area contributed by atoms with E-state index in [-0.39, 0.29) is 0 Å². The first-order valence-corrected chi connectivity index (χ1v) is 12.0. The van der Waals surface area contributed by atoms with Gasteiger partial charge in [0.05, 0.1) is 21.3 Å². The molecule has 5 heteroatoms. The van der Waals surface area contributed by atoms with E-state index in [1.807, 2.05) is 0 Å². The molecule has 0 aromatic heterocycles. The van der Waals surface area contributed by atoms with Gasteiger partial charge in [0.25, 0.3) is 0 Å². The summed E-state index contributed by atoms with van der Waals surface area (Å²) in [6.45, 7) is 14.2. The summed E-state index contributed by atoms with van der Waals surface area (Å²) < 4.78 is 16.5. The van der Waals surface area contributed by atoms with Gasteiger partial charge in [-0.15, -0.1) is 11.2 Å². The molecule has 0 atom stereocenters. The van der Waals surface area contributed by atoms with E-state index in [0.29, 0.717) is 22.4 Å². The summed E-state index contributed by atoms with van der Waals surface area (Å²) in [7, 11) is 3.38. The Morgan fingerprint density at radius 3 is 1.39 bits per heavy atom. The average Bonchev–Trinajstić information content (AvgIpc) is 2.50. The second-order valence-corrected chi connectivity index (χ2v) is 15.4. The van der Waals surface area contributed by atoms with Crippen LogP contribution in [0.4, 0.5) is 0 Å². The SMILES string of the molecule is COc1cc(S[Si](C(C)C)(C(C)C)C(C)C)cc(OC)c1OC. The molecule has 1 rings (SSSR count). The van der Waals surface area contributed by atoms with E-state index < -0.39 is 7.22 Å². The summed E-state index contributed by atoms with van der Waals surface area (Å²) in [4.78, 5) is 1.21. The molecule has 23 heavy (non-hydrogen) atoms. The van der Waals surface area contributed by atoms with Gasteiger partial charge >= 0.3 is 0 Å². The Balaban J connectivity index is 3.40. The Bertz CT molecular complexity index is 468. The van der Waals surface area contributed by atoms with E-state index >= 15 is 0 Å². The highest BCUT2D eigenvalue weighted by Gasteiger charge is 2.44. The van der Waals surface area contributed by atoms with Crippen LogP contribution in [0.2, 0.25) is 16.6 Å². The van der Waals surface area contributed by atoms with Gasteiger partial charge in [-0.1, -0.05) is 41.5 Å². The van der Waals surface area contributed by atoms with E-state index in [1.165, 1.54) is 4.90 Å². The molecule has 0 N–H and O–H groups in total. The summed E-state index contributed by atoms with van der Waals surface area (Å²) in [6, 6.07) is 4.17. The fourth-order valence-corrected chi connectivity index (χ4v) is 12.8. The maximum Gasteiger partial charge on any atom is 0.203 e.